The summed E-state index contributed by atoms with van der Waals surface area (Å²) in [5, 5.41) is 0.404. The van der Waals surface area contributed by atoms with Crippen molar-refractivity contribution < 1.29 is 22.7 Å². The van der Waals surface area contributed by atoms with Gasteiger partial charge in [-0.1, -0.05) is 18.7 Å². The topological polar surface area (TPSA) is 85.3 Å². The van der Waals surface area contributed by atoms with Crippen molar-refractivity contribution in [1.29, 1.82) is 0 Å². The van der Waals surface area contributed by atoms with Crippen LogP contribution in [-0.4, -0.2) is 55.5 Å². The Balaban J connectivity index is 2.07. The highest BCUT2D eigenvalue weighted by Crippen LogP contribution is 2.45. The van der Waals surface area contributed by atoms with E-state index >= 15 is 0 Å². The molecule has 7 nitrogen and oxygen atoms in total. The Morgan fingerprint density at radius 3 is 2.62 bits per heavy atom. The summed E-state index contributed by atoms with van der Waals surface area (Å²) in [5.74, 6) is 1.10. The maximum Gasteiger partial charge on any atom is 0.248 e. The smallest absolute Gasteiger partial charge is 0.248 e. The molecule has 0 N–H and O–H groups in total. The van der Waals surface area contributed by atoms with Crippen molar-refractivity contribution in [2.24, 2.45) is 4.99 Å². The maximum absolute atomic E-state index is 12.2. The van der Waals surface area contributed by atoms with Gasteiger partial charge in [-0.3, -0.25) is 4.79 Å². The average Bonchev–Trinajstić information content (AvgIpc) is 3.08. The highest BCUT2D eigenvalue weighted by atomic mass is 79.9. The number of hydrogen-bond donors (Lipinski definition) is 0. The molecule has 2 fully saturated rings. The van der Waals surface area contributed by atoms with E-state index in [1.807, 2.05) is 37.8 Å². The normalized spacial score (nSPS) is 24.0. The van der Waals surface area contributed by atoms with Gasteiger partial charge in [-0.25, -0.2) is 8.42 Å². The molecule has 2 unspecified atom stereocenters. The number of amidine groups is 1. The molecule has 160 valence electrons. The van der Waals surface area contributed by atoms with Crippen LogP contribution in [0.2, 0.25) is 0 Å². The minimum Gasteiger partial charge on any atom is -0.490 e. The summed E-state index contributed by atoms with van der Waals surface area (Å²) in [7, 11) is -3.13. The molecule has 29 heavy (non-hydrogen) atoms. The molecule has 1 aromatic carbocycles. The number of thioether (sulfide) groups is 1. The first-order valence-corrected chi connectivity index (χ1v) is 13.2. The zero-order chi connectivity index (χ0) is 21.2. The lowest BCUT2D eigenvalue weighted by Crippen LogP contribution is -2.37. The van der Waals surface area contributed by atoms with Crippen LogP contribution >= 0.6 is 27.7 Å². The van der Waals surface area contributed by atoms with Crippen molar-refractivity contribution in [3.8, 4) is 11.5 Å². The lowest BCUT2D eigenvalue weighted by atomic mass is 10.2. The summed E-state index contributed by atoms with van der Waals surface area (Å²) >= 11 is 4.91. The Kier molecular flexibility index (Phi) is 7.16. The second-order valence-electron chi connectivity index (χ2n) is 6.83. The largest absolute Gasteiger partial charge is 0.490 e. The zero-order valence-corrected chi connectivity index (χ0v) is 19.9. The van der Waals surface area contributed by atoms with Gasteiger partial charge in [-0.05, 0) is 42.3 Å². The predicted octanol–water partition coefficient (Wildman–Crippen LogP) is 3.65. The Bertz CT molecular complexity index is 919. The summed E-state index contributed by atoms with van der Waals surface area (Å²) in [6.07, 6.45) is 1.08. The van der Waals surface area contributed by atoms with E-state index in [0.29, 0.717) is 47.2 Å². The van der Waals surface area contributed by atoms with Crippen LogP contribution in [-0.2, 0) is 14.6 Å². The highest BCUT2D eigenvalue weighted by Gasteiger charge is 2.49. The number of anilines is 1. The van der Waals surface area contributed by atoms with Crippen LogP contribution in [0, 0.1) is 0 Å². The molecular formula is C19H25BrN2O5S2. The van der Waals surface area contributed by atoms with Crippen LogP contribution in [0.3, 0.4) is 0 Å². The first-order chi connectivity index (χ1) is 13.8. The van der Waals surface area contributed by atoms with Crippen LogP contribution in [0.5, 0.6) is 11.5 Å². The van der Waals surface area contributed by atoms with Crippen LogP contribution in [0.25, 0.3) is 0 Å². The van der Waals surface area contributed by atoms with Gasteiger partial charge in [0.05, 0.1) is 35.2 Å². The van der Waals surface area contributed by atoms with Gasteiger partial charge in [0.2, 0.25) is 5.91 Å². The molecule has 2 heterocycles. The number of benzene rings is 1. The van der Waals surface area contributed by atoms with E-state index in [-0.39, 0.29) is 28.7 Å². The maximum atomic E-state index is 12.2. The Morgan fingerprint density at radius 1 is 1.24 bits per heavy atom. The summed E-state index contributed by atoms with van der Waals surface area (Å²) in [5.41, 5.74) is 0.726. The van der Waals surface area contributed by atoms with Gasteiger partial charge < -0.3 is 14.4 Å². The molecule has 0 saturated carbocycles. The van der Waals surface area contributed by atoms with Crippen LogP contribution < -0.4 is 14.4 Å². The number of amides is 1. The monoisotopic (exact) mass is 504 g/mol. The van der Waals surface area contributed by atoms with Gasteiger partial charge in [0.25, 0.3) is 0 Å². The quantitative estimate of drug-likeness (QED) is 0.559. The summed E-state index contributed by atoms with van der Waals surface area (Å²) < 4.78 is 36.6. The van der Waals surface area contributed by atoms with E-state index in [2.05, 4.69) is 20.9 Å². The second kappa shape index (κ2) is 9.26. The number of halogens is 1. The van der Waals surface area contributed by atoms with E-state index in [0.717, 1.165) is 5.69 Å². The first kappa shape index (κ1) is 22.4. The predicted molar refractivity (Wildman–Crippen MR) is 120 cm³/mol. The minimum atomic E-state index is -3.13. The van der Waals surface area contributed by atoms with Crippen LogP contribution in [0.1, 0.15) is 33.6 Å². The molecule has 0 spiro atoms. The third-order valence-electron chi connectivity index (χ3n) is 4.61. The number of rotatable bonds is 7. The number of carbonyl (C=O) groups is 1. The molecule has 0 aromatic heterocycles. The van der Waals surface area contributed by atoms with E-state index in [1.54, 1.807) is 0 Å². The number of nitrogens with zero attached hydrogens (tertiary/aromatic N) is 2. The molecule has 2 saturated heterocycles. The molecule has 1 amide bonds. The molecule has 1 aromatic rings. The fourth-order valence-corrected chi connectivity index (χ4v) is 7.96. The summed E-state index contributed by atoms with van der Waals surface area (Å²) in [6.45, 7) is 6.65. The molecule has 2 aliphatic rings. The SMILES string of the molecule is CCCC(=O)N=C1SC2CS(=O)(=O)CC2N1c1cc(Br)c(OCC)c(OCC)c1. The summed E-state index contributed by atoms with van der Waals surface area (Å²) in [6, 6.07) is 3.42. The Labute approximate surface area is 184 Å². The van der Waals surface area contributed by atoms with Crippen molar-refractivity contribution in [3.63, 3.8) is 0 Å². The van der Waals surface area contributed by atoms with Gasteiger partial charge in [-0.15, -0.1) is 0 Å². The summed E-state index contributed by atoms with van der Waals surface area (Å²) in [4.78, 5) is 18.4. The van der Waals surface area contributed by atoms with Crippen molar-refractivity contribution in [3.05, 3.63) is 16.6 Å². The number of hydrogen-bond acceptors (Lipinski definition) is 6. The van der Waals surface area contributed by atoms with Crippen LogP contribution in [0.15, 0.2) is 21.6 Å². The van der Waals surface area contributed by atoms with Crippen molar-refractivity contribution >= 4 is 54.3 Å². The number of ether oxygens (including phenoxy) is 2. The number of fused-ring (bicyclic) bond motifs is 1. The standard InChI is InChI=1S/C19H25BrN2O5S2/c1-4-7-17(23)21-19-22(14-10-29(24,25)11-16(14)28-19)12-8-13(20)18(27-6-3)15(9-12)26-5-2/h8-9,14,16H,4-7,10-11H2,1-3H3. The van der Waals surface area contributed by atoms with Gasteiger partial charge >= 0.3 is 0 Å². The van der Waals surface area contributed by atoms with E-state index in [9.17, 15) is 13.2 Å². The van der Waals surface area contributed by atoms with Gasteiger partial charge in [0.15, 0.2) is 26.5 Å². The number of carbonyl (C=O) groups excluding carboxylic acids is 1. The van der Waals surface area contributed by atoms with Crippen molar-refractivity contribution in [2.45, 2.75) is 44.9 Å². The lowest BCUT2D eigenvalue weighted by Gasteiger charge is -2.26. The molecule has 0 radical (unpaired) electrons. The fourth-order valence-electron chi connectivity index (χ4n) is 3.48. The molecule has 0 aliphatic carbocycles. The van der Waals surface area contributed by atoms with Gasteiger partial charge in [0.1, 0.15) is 0 Å². The molecule has 2 atom stereocenters. The average molecular weight is 505 g/mol. The molecule has 10 heteroatoms. The van der Waals surface area contributed by atoms with Gasteiger partial charge in [-0.2, -0.15) is 4.99 Å². The van der Waals surface area contributed by atoms with Gasteiger partial charge in [0, 0.05) is 23.4 Å². The Hall–Kier alpha value is -1.26. The highest BCUT2D eigenvalue weighted by molar-refractivity contribution is 9.10. The minimum absolute atomic E-state index is 0.0421. The van der Waals surface area contributed by atoms with Crippen molar-refractivity contribution in [2.75, 3.05) is 29.6 Å². The fraction of sp³-hybridized carbons (Fsp3) is 0.579. The first-order valence-electron chi connectivity index (χ1n) is 9.66. The number of sulfone groups is 1. The van der Waals surface area contributed by atoms with E-state index in [1.165, 1.54) is 11.8 Å². The molecular weight excluding hydrogens is 480 g/mol. The van der Waals surface area contributed by atoms with E-state index in [4.69, 9.17) is 9.47 Å². The molecule has 0 bridgehead atoms. The third-order valence-corrected chi connectivity index (χ3v) is 8.41. The number of aliphatic imine (C=N–C) groups is 1. The second-order valence-corrected chi connectivity index (χ2v) is 11.0. The molecule has 2 aliphatic heterocycles. The van der Waals surface area contributed by atoms with Crippen LogP contribution in [0.4, 0.5) is 5.69 Å². The lowest BCUT2D eigenvalue weighted by molar-refractivity contribution is -0.117. The third kappa shape index (κ3) is 4.91. The zero-order valence-electron chi connectivity index (χ0n) is 16.7. The van der Waals surface area contributed by atoms with Crippen molar-refractivity contribution in [1.82, 2.24) is 0 Å². The molecule has 3 rings (SSSR count). The Morgan fingerprint density at radius 2 is 1.97 bits per heavy atom. The van der Waals surface area contributed by atoms with E-state index < -0.39 is 9.84 Å².